The molecule has 0 aromatic heterocycles. The van der Waals surface area contributed by atoms with Crippen molar-refractivity contribution in [3.8, 4) is 0 Å². The maximum atomic E-state index is 13.8. The summed E-state index contributed by atoms with van der Waals surface area (Å²) in [6, 6.07) is 38.2. The average molecular weight is 554 g/mol. The van der Waals surface area contributed by atoms with Crippen LogP contribution >= 0.6 is 0 Å². The first-order valence-corrected chi connectivity index (χ1v) is 13.8. The van der Waals surface area contributed by atoms with E-state index in [2.05, 4.69) is 0 Å². The molecular weight excluding hydrogens is 516 g/mol. The SMILES string of the molecule is [2H]C1C(=O)[C@H](OCc2ccccc2)[C@@H](OCc2ccccc2)[C@H](OCc2ccccc2)[C@]1(O)COCc1ccccc1. The van der Waals surface area contributed by atoms with Crippen molar-refractivity contribution in [3.05, 3.63) is 144 Å². The third-order valence-corrected chi connectivity index (χ3v) is 7.04. The van der Waals surface area contributed by atoms with Crippen molar-refractivity contribution in [2.24, 2.45) is 0 Å². The molecule has 1 aliphatic rings. The lowest BCUT2D eigenvalue weighted by Crippen LogP contribution is -2.65. The molecule has 4 aromatic carbocycles. The Kier molecular flexibility index (Phi) is 9.60. The zero-order chi connectivity index (χ0) is 29.2. The van der Waals surface area contributed by atoms with Gasteiger partial charge in [0, 0.05) is 7.77 Å². The summed E-state index contributed by atoms with van der Waals surface area (Å²) in [5.41, 5.74) is 1.57. The molecule has 1 N–H and O–H groups in total. The number of ketones is 1. The van der Waals surface area contributed by atoms with E-state index in [9.17, 15) is 9.90 Å². The Labute approximate surface area is 242 Å². The van der Waals surface area contributed by atoms with Gasteiger partial charge < -0.3 is 24.1 Å². The molecule has 1 aliphatic carbocycles. The van der Waals surface area contributed by atoms with Crippen molar-refractivity contribution in [2.75, 3.05) is 6.61 Å². The summed E-state index contributed by atoms with van der Waals surface area (Å²) in [5, 5.41) is 12.1. The van der Waals surface area contributed by atoms with Crippen LogP contribution in [0.1, 0.15) is 30.0 Å². The van der Waals surface area contributed by atoms with Crippen molar-refractivity contribution in [1.29, 1.82) is 0 Å². The van der Waals surface area contributed by atoms with Gasteiger partial charge in [0.15, 0.2) is 5.78 Å². The molecule has 212 valence electrons. The van der Waals surface area contributed by atoms with E-state index in [4.69, 9.17) is 20.3 Å². The summed E-state index contributed by atoms with van der Waals surface area (Å²) in [5.74, 6) is -0.575. The standard InChI is InChI=1S/C35H36O6/c36-31-21-35(37,26-38-22-27-13-5-1-6-14-27)34(41-25-30-19-11-4-12-20-30)33(40-24-29-17-9-3-10-18-29)32(31)39-23-28-15-7-2-8-16-28/h1-20,32-34,37H,21-26H2/t32-,33+,34-,35+/m0/s1/i21D/t21?,32-,33+,34-,35+. The lowest BCUT2D eigenvalue weighted by Gasteiger charge is -2.46. The second-order valence-corrected chi connectivity index (χ2v) is 10.2. The van der Waals surface area contributed by atoms with Gasteiger partial charge in [0.05, 0.1) is 33.0 Å². The van der Waals surface area contributed by atoms with Crippen molar-refractivity contribution in [1.82, 2.24) is 0 Å². The minimum absolute atomic E-state index is 0.142. The Bertz CT molecular complexity index is 1370. The maximum absolute atomic E-state index is 13.8. The largest absolute Gasteiger partial charge is 0.384 e. The summed E-state index contributed by atoms with van der Waals surface area (Å²) in [6.45, 7) is 0.364. The van der Waals surface area contributed by atoms with Gasteiger partial charge >= 0.3 is 0 Å². The van der Waals surface area contributed by atoms with E-state index in [1.54, 1.807) is 0 Å². The van der Waals surface area contributed by atoms with Crippen LogP contribution in [0.3, 0.4) is 0 Å². The molecule has 0 radical (unpaired) electrons. The van der Waals surface area contributed by atoms with Crippen molar-refractivity contribution >= 4 is 5.78 Å². The molecule has 0 saturated heterocycles. The van der Waals surface area contributed by atoms with Gasteiger partial charge in [0.25, 0.3) is 0 Å². The van der Waals surface area contributed by atoms with E-state index < -0.39 is 36.1 Å². The zero-order valence-electron chi connectivity index (χ0n) is 23.9. The van der Waals surface area contributed by atoms with Crippen molar-refractivity contribution in [2.45, 2.75) is 56.7 Å². The number of carbonyl (C=O) groups is 1. The van der Waals surface area contributed by atoms with Gasteiger partial charge in [-0.3, -0.25) is 4.79 Å². The fraction of sp³-hybridized carbons (Fsp3) is 0.286. The van der Waals surface area contributed by atoms with Gasteiger partial charge in [-0.05, 0) is 22.3 Å². The Balaban J connectivity index is 1.44. The lowest BCUT2D eigenvalue weighted by molar-refractivity contribution is -0.240. The predicted molar refractivity (Wildman–Crippen MR) is 156 cm³/mol. The van der Waals surface area contributed by atoms with Crippen molar-refractivity contribution < 1.29 is 30.2 Å². The topological polar surface area (TPSA) is 74.2 Å². The van der Waals surface area contributed by atoms with Gasteiger partial charge in [0.1, 0.15) is 23.9 Å². The highest BCUT2D eigenvalue weighted by Crippen LogP contribution is 2.35. The number of ether oxygens (including phenoxy) is 4. The first-order chi connectivity index (χ1) is 20.5. The molecule has 1 fully saturated rings. The first kappa shape index (κ1) is 27.5. The van der Waals surface area contributed by atoms with Crippen LogP contribution in [0.4, 0.5) is 0 Å². The third kappa shape index (κ3) is 7.97. The Morgan fingerprint density at radius 2 is 1.05 bits per heavy atom. The molecule has 0 spiro atoms. The van der Waals surface area contributed by atoms with Crippen LogP contribution in [0.2, 0.25) is 0 Å². The molecule has 1 saturated carbocycles. The summed E-state index contributed by atoms with van der Waals surface area (Å²) in [6.07, 6.45) is -4.81. The number of carbonyl (C=O) groups excluding carboxylic acids is 1. The molecule has 5 atom stereocenters. The average Bonchev–Trinajstić information content (AvgIpc) is 3.04. The molecule has 0 amide bonds. The van der Waals surface area contributed by atoms with Crippen LogP contribution in [0.15, 0.2) is 121 Å². The maximum Gasteiger partial charge on any atom is 0.167 e. The van der Waals surface area contributed by atoms with Crippen molar-refractivity contribution in [3.63, 3.8) is 0 Å². The number of rotatable bonds is 13. The minimum atomic E-state index is -1.99. The summed E-state index contributed by atoms with van der Waals surface area (Å²) < 4.78 is 33.8. The molecule has 4 aromatic rings. The predicted octanol–water partition coefficient (Wildman–Crippen LogP) is 5.66. The number of benzene rings is 4. The van der Waals surface area contributed by atoms with Crippen LogP contribution < -0.4 is 0 Å². The van der Waals surface area contributed by atoms with E-state index in [1.807, 2.05) is 121 Å². The molecule has 0 bridgehead atoms. The summed E-state index contributed by atoms with van der Waals surface area (Å²) >= 11 is 0. The highest BCUT2D eigenvalue weighted by Gasteiger charge is 2.55. The molecule has 6 nitrogen and oxygen atoms in total. The molecule has 6 heteroatoms. The Morgan fingerprint density at radius 1 is 0.634 bits per heavy atom. The van der Waals surface area contributed by atoms with Crippen LogP contribution in [0.25, 0.3) is 0 Å². The molecule has 0 aliphatic heterocycles. The first-order valence-electron chi connectivity index (χ1n) is 14.4. The molecule has 1 unspecified atom stereocenters. The van der Waals surface area contributed by atoms with Gasteiger partial charge in [-0.2, -0.15) is 0 Å². The Hall–Kier alpha value is -3.65. The highest BCUT2D eigenvalue weighted by molar-refractivity contribution is 5.86. The van der Waals surface area contributed by atoms with E-state index in [1.165, 1.54) is 0 Å². The number of hydrogen-bond acceptors (Lipinski definition) is 6. The van der Waals surface area contributed by atoms with Gasteiger partial charge in [-0.25, -0.2) is 0 Å². The highest BCUT2D eigenvalue weighted by atomic mass is 16.6. The minimum Gasteiger partial charge on any atom is -0.384 e. The lowest BCUT2D eigenvalue weighted by atomic mass is 9.78. The van der Waals surface area contributed by atoms with Gasteiger partial charge in [0.2, 0.25) is 0 Å². The third-order valence-electron chi connectivity index (χ3n) is 7.04. The molecule has 41 heavy (non-hydrogen) atoms. The fourth-order valence-electron chi connectivity index (χ4n) is 4.92. The quantitative estimate of drug-likeness (QED) is 0.230. The van der Waals surface area contributed by atoms with E-state index in [0.717, 1.165) is 22.3 Å². The van der Waals surface area contributed by atoms with E-state index in [-0.39, 0.29) is 33.0 Å². The summed E-state index contributed by atoms with van der Waals surface area (Å²) in [7, 11) is 0. The second kappa shape index (κ2) is 14.3. The van der Waals surface area contributed by atoms with E-state index >= 15 is 0 Å². The van der Waals surface area contributed by atoms with Gasteiger partial charge in [-0.15, -0.1) is 0 Å². The van der Waals surface area contributed by atoms with Gasteiger partial charge in [-0.1, -0.05) is 121 Å². The number of aliphatic hydroxyl groups is 1. The molecular formula is C35H36O6. The number of hydrogen-bond donors (Lipinski definition) is 1. The number of Topliss-reactive ketones (excluding diaryl/α,β-unsaturated/α-hetero) is 1. The Morgan fingerprint density at radius 3 is 1.54 bits per heavy atom. The molecule has 0 heterocycles. The van der Waals surface area contributed by atoms with Crippen LogP contribution in [-0.4, -0.2) is 41.4 Å². The second-order valence-electron chi connectivity index (χ2n) is 10.2. The van der Waals surface area contributed by atoms with Crippen LogP contribution in [0.5, 0.6) is 0 Å². The normalized spacial score (nSPS) is 24.6. The monoisotopic (exact) mass is 553 g/mol. The summed E-state index contributed by atoms with van der Waals surface area (Å²) in [4.78, 5) is 13.8. The van der Waals surface area contributed by atoms with E-state index in [0.29, 0.717) is 0 Å². The molecule has 5 rings (SSSR count). The fourth-order valence-corrected chi connectivity index (χ4v) is 4.92. The smallest absolute Gasteiger partial charge is 0.167 e. The van der Waals surface area contributed by atoms with Crippen LogP contribution in [-0.2, 0) is 50.2 Å². The zero-order valence-corrected chi connectivity index (χ0v) is 22.9. The van der Waals surface area contributed by atoms with Crippen LogP contribution in [0, 0.1) is 0 Å².